The predicted octanol–water partition coefficient (Wildman–Crippen LogP) is 5.75. The van der Waals surface area contributed by atoms with Crippen molar-refractivity contribution in [1.82, 2.24) is 10.2 Å². The van der Waals surface area contributed by atoms with Crippen molar-refractivity contribution in [3.05, 3.63) is 154 Å². The van der Waals surface area contributed by atoms with Crippen LogP contribution in [-0.4, -0.2) is 45.0 Å². The van der Waals surface area contributed by atoms with E-state index in [1.165, 1.54) is 16.7 Å². The molecule has 1 fully saturated rings. The molecule has 2 aliphatic rings. The monoisotopic (exact) mass is 620 g/mol. The number of benzene rings is 4. The van der Waals surface area contributed by atoms with Crippen LogP contribution in [0.2, 0.25) is 0 Å². The van der Waals surface area contributed by atoms with Crippen LogP contribution in [0.3, 0.4) is 0 Å². The van der Waals surface area contributed by atoms with Gasteiger partial charge in [-0.2, -0.15) is 0 Å². The number of esters is 1. The summed E-state index contributed by atoms with van der Waals surface area (Å²) < 4.78 is 6.16. The van der Waals surface area contributed by atoms with Gasteiger partial charge in [-0.25, -0.2) is 4.79 Å². The summed E-state index contributed by atoms with van der Waals surface area (Å²) >= 11 is 2.33. The Morgan fingerprint density at radius 1 is 0.818 bits per heavy atom. The highest BCUT2D eigenvalue weighted by Gasteiger charge is 2.55. The number of amides is 2. The van der Waals surface area contributed by atoms with Gasteiger partial charge in [-0.1, -0.05) is 121 Å². The van der Waals surface area contributed by atoms with E-state index >= 15 is 0 Å². The van der Waals surface area contributed by atoms with Crippen molar-refractivity contribution in [2.24, 2.45) is 0 Å². The van der Waals surface area contributed by atoms with Crippen molar-refractivity contribution < 1.29 is 23.9 Å². The topological polar surface area (TPSA) is 92.8 Å². The maximum Gasteiger partial charge on any atom is 0.356 e. The van der Waals surface area contributed by atoms with Crippen LogP contribution in [0.5, 0.6) is 0 Å². The minimum Gasteiger partial charge on any atom is -0.448 e. The highest BCUT2D eigenvalue weighted by molar-refractivity contribution is 8.18. The second-order valence-electron chi connectivity index (χ2n) is 10.3. The van der Waals surface area contributed by atoms with Crippen LogP contribution in [0.4, 0.5) is 0 Å². The summed E-state index contributed by atoms with van der Waals surface area (Å²) in [4.78, 5) is 55.5. The number of nitrogens with zero attached hydrogens (tertiary/aromatic N) is 1. The highest BCUT2D eigenvalue weighted by Crippen LogP contribution is 2.45. The van der Waals surface area contributed by atoms with Crippen molar-refractivity contribution >= 4 is 46.4 Å². The molecule has 0 radical (unpaired) electrons. The molecule has 7 nitrogen and oxygen atoms in total. The van der Waals surface area contributed by atoms with Crippen molar-refractivity contribution in [2.75, 3.05) is 5.75 Å². The minimum absolute atomic E-state index is 0.0402. The van der Waals surface area contributed by atoms with E-state index in [4.69, 9.17) is 4.74 Å². The number of nitrogens with one attached hydrogen (secondary N) is 1. The van der Waals surface area contributed by atoms with Gasteiger partial charge in [-0.3, -0.25) is 19.3 Å². The van der Waals surface area contributed by atoms with Crippen LogP contribution in [0.1, 0.15) is 33.2 Å². The third kappa shape index (κ3) is 6.34. The van der Waals surface area contributed by atoms with Gasteiger partial charge in [0.25, 0.3) is 5.91 Å². The van der Waals surface area contributed by atoms with E-state index in [0.717, 1.165) is 28.5 Å². The Bertz CT molecular complexity index is 1660. The van der Waals surface area contributed by atoms with E-state index in [-0.39, 0.29) is 23.1 Å². The Morgan fingerprint density at radius 2 is 1.36 bits per heavy atom. The summed E-state index contributed by atoms with van der Waals surface area (Å²) in [6.45, 7) is 0. The molecule has 0 saturated carbocycles. The molecule has 1 unspecified atom stereocenters. The average Bonchev–Trinajstić information content (AvgIpc) is 3.07. The highest BCUT2D eigenvalue weighted by atomic mass is 32.2. The number of ether oxygens (including phenoxy) is 1. The molecule has 2 aliphatic heterocycles. The number of hydrogen-bond acceptors (Lipinski definition) is 7. The molecule has 2 heterocycles. The Labute approximate surface area is 263 Å². The molecule has 0 spiro atoms. The summed E-state index contributed by atoms with van der Waals surface area (Å²) in [5.41, 5.74) is 2.89. The van der Waals surface area contributed by atoms with E-state index in [1.54, 1.807) is 24.3 Å². The maximum atomic E-state index is 14.1. The Morgan fingerprint density at radius 3 is 1.95 bits per heavy atom. The summed E-state index contributed by atoms with van der Waals surface area (Å²) in [6.07, 6.45) is -0.603. The molecule has 0 bridgehead atoms. The zero-order valence-corrected chi connectivity index (χ0v) is 25.1. The van der Waals surface area contributed by atoms with E-state index in [0.29, 0.717) is 16.2 Å². The fourth-order valence-electron chi connectivity index (χ4n) is 5.16. The first kappa shape index (κ1) is 29.5. The summed E-state index contributed by atoms with van der Waals surface area (Å²) in [7, 11) is 0. The number of β-lactam (4-membered cyclic amide) rings is 1. The van der Waals surface area contributed by atoms with Gasteiger partial charge < -0.3 is 10.1 Å². The number of fused-ring (bicyclic) bond motifs is 1. The van der Waals surface area contributed by atoms with Crippen LogP contribution < -0.4 is 5.32 Å². The van der Waals surface area contributed by atoms with Crippen LogP contribution in [0, 0.1) is 0 Å². The molecule has 4 aromatic rings. The van der Waals surface area contributed by atoms with Gasteiger partial charge in [-0.15, -0.1) is 11.8 Å². The van der Waals surface area contributed by atoms with E-state index in [1.807, 2.05) is 97.1 Å². The quantitative estimate of drug-likeness (QED) is 0.188. The molecule has 44 heavy (non-hydrogen) atoms. The van der Waals surface area contributed by atoms with Gasteiger partial charge in [-0.05, 0) is 28.5 Å². The fraction of sp³-hybridized carbons (Fsp3) is 0.143. The predicted molar refractivity (Wildman–Crippen MR) is 171 cm³/mol. The number of hydrogen-bond donors (Lipinski definition) is 1. The number of carbonyl (C=O) groups excluding carboxylic acids is 4. The zero-order chi connectivity index (χ0) is 30.5. The lowest BCUT2D eigenvalue weighted by molar-refractivity contribution is -0.154. The van der Waals surface area contributed by atoms with Crippen LogP contribution in [-0.2, 0) is 25.5 Å². The van der Waals surface area contributed by atoms with Crippen molar-refractivity contribution in [3.8, 4) is 0 Å². The first-order valence-electron chi connectivity index (χ1n) is 14.1. The Hall–Kier alpha value is -4.60. The minimum atomic E-state index is -0.797. The molecule has 6 rings (SSSR count). The second kappa shape index (κ2) is 13.4. The lowest BCUT2D eigenvalue weighted by Gasteiger charge is -2.49. The van der Waals surface area contributed by atoms with Crippen molar-refractivity contribution in [3.63, 3.8) is 0 Å². The molecule has 0 aliphatic carbocycles. The van der Waals surface area contributed by atoms with Crippen LogP contribution >= 0.6 is 23.5 Å². The third-order valence-corrected chi connectivity index (χ3v) is 9.77. The molecule has 1 saturated heterocycles. The molecule has 9 heteroatoms. The molecule has 0 aromatic heterocycles. The summed E-state index contributed by atoms with van der Waals surface area (Å²) in [5, 5.41) is 2.10. The number of carbonyl (C=O) groups is 4. The van der Waals surface area contributed by atoms with Gasteiger partial charge in [0.2, 0.25) is 11.0 Å². The Kier molecular flexibility index (Phi) is 8.95. The van der Waals surface area contributed by atoms with Crippen molar-refractivity contribution in [2.45, 2.75) is 23.9 Å². The number of rotatable bonds is 9. The van der Waals surface area contributed by atoms with Gasteiger partial charge in [0.1, 0.15) is 17.1 Å². The Balaban J connectivity index is 1.29. The maximum absolute atomic E-state index is 14.1. The SMILES string of the molecule is O=C(Cc1ccccc1)NC1C(=O)N2C(C(=O)OC(c3ccccc3)c3ccccc3)=C(SC(=O)c3ccccc3)CS[C@H]12. The van der Waals surface area contributed by atoms with Gasteiger partial charge >= 0.3 is 5.97 Å². The third-order valence-electron chi connectivity index (χ3n) is 7.31. The van der Waals surface area contributed by atoms with E-state index < -0.39 is 29.4 Å². The van der Waals surface area contributed by atoms with Gasteiger partial charge in [0.15, 0.2) is 6.10 Å². The number of thioether (sulfide) groups is 2. The van der Waals surface area contributed by atoms with Crippen LogP contribution in [0.15, 0.2) is 132 Å². The second-order valence-corrected chi connectivity index (χ2v) is 12.4. The average molecular weight is 621 g/mol. The van der Waals surface area contributed by atoms with Gasteiger partial charge in [0.05, 0.1) is 6.42 Å². The summed E-state index contributed by atoms with van der Waals surface area (Å²) in [5.74, 6) is -1.11. The van der Waals surface area contributed by atoms with E-state index in [2.05, 4.69) is 5.32 Å². The lowest BCUT2D eigenvalue weighted by atomic mass is 10.0. The molecule has 220 valence electrons. The first-order valence-corrected chi connectivity index (χ1v) is 16.0. The smallest absolute Gasteiger partial charge is 0.356 e. The lowest BCUT2D eigenvalue weighted by Crippen LogP contribution is -2.70. The van der Waals surface area contributed by atoms with Crippen molar-refractivity contribution in [1.29, 1.82) is 0 Å². The molecule has 1 N–H and O–H groups in total. The molecular formula is C35H28N2O5S2. The first-order chi connectivity index (χ1) is 21.5. The molecule has 2 amide bonds. The van der Waals surface area contributed by atoms with Gasteiger partial charge in [0, 0.05) is 16.2 Å². The van der Waals surface area contributed by atoms with E-state index in [9.17, 15) is 19.2 Å². The zero-order valence-electron chi connectivity index (χ0n) is 23.5. The summed E-state index contributed by atoms with van der Waals surface area (Å²) in [6, 6.07) is 36.0. The largest absolute Gasteiger partial charge is 0.448 e. The molecule has 4 aromatic carbocycles. The fourth-order valence-corrected chi connectivity index (χ4v) is 7.55. The molecule has 2 atom stereocenters. The van der Waals surface area contributed by atoms with Crippen LogP contribution in [0.25, 0.3) is 0 Å². The molecular weight excluding hydrogens is 593 g/mol. The standard InChI is InChI=1S/C35H28N2O5S2/c38-28(21-23-13-5-1-6-14-23)36-29-32(39)37-30(27(22-43-33(29)37)44-35(41)26-19-11-4-12-20-26)34(40)42-31(24-15-7-2-8-16-24)25-17-9-3-10-18-25/h1-20,29,31,33H,21-22H2,(H,36,38)/t29?,33-/m1/s1. The normalized spacial score (nSPS) is 17.5.